The van der Waals surface area contributed by atoms with Crippen molar-refractivity contribution in [3.05, 3.63) is 59.7 Å². The van der Waals surface area contributed by atoms with Crippen molar-refractivity contribution in [1.82, 2.24) is 4.31 Å². The second kappa shape index (κ2) is 6.57. The normalized spacial score (nSPS) is 17.3. The van der Waals surface area contributed by atoms with Gasteiger partial charge in [-0.3, -0.25) is 0 Å². The zero-order valence-electron chi connectivity index (χ0n) is 14.3. The number of nitrogens with zero attached hydrogens (tertiary/aromatic N) is 1. The molecular formula is C19H23NO3S. The standard InChI is InChI=1S/C19H23NO3S/c1-14(2)24(21,22)20(3)19-12-9-15-13-17(10-11-18(15)19)23-16-7-5-4-6-8-16/h4-8,10-11,13-14,19H,9,12H2,1-3H3. The van der Waals surface area contributed by atoms with Crippen LogP contribution in [0.3, 0.4) is 0 Å². The van der Waals surface area contributed by atoms with Gasteiger partial charge in [-0.1, -0.05) is 24.3 Å². The van der Waals surface area contributed by atoms with Crippen molar-refractivity contribution in [3.8, 4) is 11.5 Å². The van der Waals surface area contributed by atoms with Gasteiger partial charge in [-0.25, -0.2) is 8.42 Å². The van der Waals surface area contributed by atoms with Gasteiger partial charge in [-0.15, -0.1) is 0 Å². The van der Waals surface area contributed by atoms with Crippen molar-refractivity contribution < 1.29 is 13.2 Å². The fourth-order valence-electron chi connectivity index (χ4n) is 3.15. The van der Waals surface area contributed by atoms with E-state index in [1.54, 1.807) is 20.9 Å². The summed E-state index contributed by atoms with van der Waals surface area (Å²) in [6.45, 7) is 3.44. The lowest BCUT2D eigenvalue weighted by Gasteiger charge is -2.26. The molecule has 0 bridgehead atoms. The summed E-state index contributed by atoms with van der Waals surface area (Å²) in [5, 5.41) is -0.410. The van der Waals surface area contributed by atoms with Crippen molar-refractivity contribution in [2.75, 3.05) is 7.05 Å². The average Bonchev–Trinajstić information content (AvgIpc) is 2.98. The first kappa shape index (κ1) is 17.0. The van der Waals surface area contributed by atoms with E-state index in [0.29, 0.717) is 0 Å². The molecule has 0 fully saturated rings. The van der Waals surface area contributed by atoms with Crippen LogP contribution in [0.15, 0.2) is 48.5 Å². The van der Waals surface area contributed by atoms with Crippen LogP contribution >= 0.6 is 0 Å². The van der Waals surface area contributed by atoms with E-state index in [9.17, 15) is 8.42 Å². The summed E-state index contributed by atoms with van der Waals surface area (Å²) in [6, 6.07) is 15.5. The maximum absolute atomic E-state index is 12.4. The van der Waals surface area contributed by atoms with Crippen LogP contribution in [-0.4, -0.2) is 25.0 Å². The lowest BCUT2D eigenvalue weighted by atomic mass is 10.1. The smallest absolute Gasteiger partial charge is 0.216 e. The van der Waals surface area contributed by atoms with Gasteiger partial charge < -0.3 is 4.74 Å². The number of rotatable bonds is 5. The highest BCUT2D eigenvalue weighted by Gasteiger charge is 2.34. The molecule has 0 aliphatic heterocycles. The highest BCUT2D eigenvalue weighted by Crippen LogP contribution is 2.39. The minimum Gasteiger partial charge on any atom is -0.457 e. The van der Waals surface area contributed by atoms with Crippen LogP contribution in [0.1, 0.15) is 37.4 Å². The molecule has 0 N–H and O–H groups in total. The molecule has 0 aromatic heterocycles. The minimum atomic E-state index is -3.26. The van der Waals surface area contributed by atoms with Crippen LogP contribution in [0, 0.1) is 0 Å². The zero-order valence-corrected chi connectivity index (χ0v) is 15.1. The van der Waals surface area contributed by atoms with E-state index in [1.165, 1.54) is 9.87 Å². The molecule has 2 aromatic rings. The van der Waals surface area contributed by atoms with Gasteiger partial charge >= 0.3 is 0 Å². The molecule has 0 radical (unpaired) electrons. The SMILES string of the molecule is CC(C)S(=O)(=O)N(C)C1CCc2cc(Oc3ccccc3)ccc21. The van der Waals surface area contributed by atoms with E-state index >= 15 is 0 Å². The van der Waals surface area contributed by atoms with Crippen LogP contribution < -0.4 is 4.74 Å². The molecule has 0 saturated heterocycles. The molecule has 0 heterocycles. The molecule has 5 heteroatoms. The third-order valence-corrected chi connectivity index (χ3v) is 6.82. The van der Waals surface area contributed by atoms with Crippen molar-refractivity contribution in [1.29, 1.82) is 0 Å². The Morgan fingerprint density at radius 2 is 1.79 bits per heavy atom. The second-order valence-electron chi connectivity index (χ2n) is 6.44. The van der Waals surface area contributed by atoms with Crippen LogP contribution in [0.5, 0.6) is 11.5 Å². The van der Waals surface area contributed by atoms with Gasteiger partial charge in [-0.2, -0.15) is 4.31 Å². The number of benzene rings is 2. The largest absolute Gasteiger partial charge is 0.457 e. The molecule has 1 aliphatic carbocycles. The number of aryl methyl sites for hydroxylation is 1. The van der Waals surface area contributed by atoms with Crippen LogP contribution in [-0.2, 0) is 16.4 Å². The minimum absolute atomic E-state index is 0.0850. The first-order valence-electron chi connectivity index (χ1n) is 8.22. The Kier molecular flexibility index (Phi) is 4.65. The molecule has 1 aliphatic rings. The van der Waals surface area contributed by atoms with Gasteiger partial charge in [0.1, 0.15) is 11.5 Å². The van der Waals surface area contributed by atoms with Gasteiger partial charge in [0.25, 0.3) is 0 Å². The number of sulfonamides is 1. The summed E-state index contributed by atoms with van der Waals surface area (Å²) < 4.78 is 32.3. The highest BCUT2D eigenvalue weighted by molar-refractivity contribution is 7.89. The fraction of sp³-hybridized carbons (Fsp3) is 0.368. The molecule has 0 saturated carbocycles. The van der Waals surface area contributed by atoms with Crippen LogP contribution in [0.25, 0.3) is 0 Å². The molecule has 2 aromatic carbocycles. The molecular weight excluding hydrogens is 322 g/mol. The monoisotopic (exact) mass is 345 g/mol. The lowest BCUT2D eigenvalue weighted by Crippen LogP contribution is -2.35. The quantitative estimate of drug-likeness (QED) is 0.818. The van der Waals surface area contributed by atoms with E-state index in [4.69, 9.17) is 4.74 Å². The molecule has 4 nitrogen and oxygen atoms in total. The summed E-state index contributed by atoms with van der Waals surface area (Å²) in [5.41, 5.74) is 2.25. The summed E-state index contributed by atoms with van der Waals surface area (Å²) in [5.74, 6) is 1.58. The number of para-hydroxylation sites is 1. The molecule has 3 rings (SSSR count). The molecule has 1 atom stereocenters. The summed E-state index contributed by atoms with van der Waals surface area (Å²) in [4.78, 5) is 0. The maximum Gasteiger partial charge on any atom is 0.216 e. The first-order valence-corrected chi connectivity index (χ1v) is 9.72. The topological polar surface area (TPSA) is 46.6 Å². The molecule has 0 spiro atoms. The van der Waals surface area contributed by atoms with Gasteiger partial charge in [0, 0.05) is 13.1 Å². The van der Waals surface area contributed by atoms with Crippen molar-refractivity contribution >= 4 is 10.0 Å². The Balaban J connectivity index is 1.83. The fourth-order valence-corrected chi connectivity index (χ4v) is 4.39. The Labute approximate surface area is 144 Å². The molecule has 1 unspecified atom stereocenters. The maximum atomic E-state index is 12.4. The van der Waals surface area contributed by atoms with E-state index in [1.807, 2.05) is 48.5 Å². The van der Waals surface area contributed by atoms with E-state index < -0.39 is 15.3 Å². The summed E-state index contributed by atoms with van der Waals surface area (Å²) in [7, 11) is -1.58. The second-order valence-corrected chi connectivity index (χ2v) is 8.99. The predicted octanol–water partition coefficient (Wildman–Crippen LogP) is 4.14. The molecule has 24 heavy (non-hydrogen) atoms. The van der Waals surface area contributed by atoms with Gasteiger partial charge in [0.15, 0.2) is 0 Å². The number of hydrogen-bond acceptors (Lipinski definition) is 3. The Hall–Kier alpha value is -1.85. The van der Waals surface area contributed by atoms with E-state index in [2.05, 4.69) is 0 Å². The van der Waals surface area contributed by atoms with E-state index in [-0.39, 0.29) is 6.04 Å². The molecule has 0 amide bonds. The average molecular weight is 345 g/mol. The Morgan fingerprint density at radius 3 is 2.46 bits per heavy atom. The Bertz CT molecular complexity index is 816. The van der Waals surface area contributed by atoms with Crippen LogP contribution in [0.2, 0.25) is 0 Å². The van der Waals surface area contributed by atoms with Crippen molar-refractivity contribution in [2.45, 2.75) is 38.0 Å². The van der Waals surface area contributed by atoms with E-state index in [0.717, 1.165) is 29.9 Å². The Morgan fingerprint density at radius 1 is 1.08 bits per heavy atom. The highest BCUT2D eigenvalue weighted by atomic mass is 32.2. The zero-order chi connectivity index (χ0) is 17.3. The van der Waals surface area contributed by atoms with Crippen molar-refractivity contribution in [3.63, 3.8) is 0 Å². The van der Waals surface area contributed by atoms with Crippen LogP contribution in [0.4, 0.5) is 0 Å². The van der Waals surface area contributed by atoms with Crippen molar-refractivity contribution in [2.24, 2.45) is 0 Å². The third-order valence-electron chi connectivity index (χ3n) is 4.58. The number of fused-ring (bicyclic) bond motifs is 1. The third kappa shape index (κ3) is 3.19. The first-order chi connectivity index (χ1) is 11.4. The number of hydrogen-bond donors (Lipinski definition) is 0. The summed E-state index contributed by atoms with van der Waals surface area (Å²) >= 11 is 0. The summed E-state index contributed by atoms with van der Waals surface area (Å²) in [6.07, 6.45) is 1.68. The molecule has 128 valence electrons. The lowest BCUT2D eigenvalue weighted by molar-refractivity contribution is 0.370. The van der Waals surface area contributed by atoms with Gasteiger partial charge in [-0.05, 0) is 62.1 Å². The predicted molar refractivity (Wildman–Crippen MR) is 95.8 cm³/mol. The number of ether oxygens (including phenoxy) is 1. The van der Waals surface area contributed by atoms with Gasteiger partial charge in [0.05, 0.1) is 5.25 Å². The van der Waals surface area contributed by atoms with Gasteiger partial charge in [0.2, 0.25) is 10.0 Å².